The number of hydrogen-bond acceptors (Lipinski definition) is 2. The number of hydrogen-bond donors (Lipinski definition) is 1. The van der Waals surface area contributed by atoms with Gasteiger partial charge in [0, 0.05) is 44.8 Å². The van der Waals surface area contributed by atoms with Crippen LogP contribution in [-0.2, 0) is 13.6 Å². The number of halogens is 1. The van der Waals surface area contributed by atoms with Gasteiger partial charge in [0.15, 0.2) is 0 Å². The largest absolute Gasteiger partial charge is 0.381 e. The summed E-state index contributed by atoms with van der Waals surface area (Å²) < 4.78 is 16.1. The Morgan fingerprint density at radius 2 is 2.05 bits per heavy atom. The zero-order valence-corrected chi connectivity index (χ0v) is 12.5. The molecule has 0 aliphatic heterocycles. The van der Waals surface area contributed by atoms with Crippen LogP contribution in [0.5, 0.6) is 0 Å². The predicted octanol–water partition coefficient (Wildman–Crippen LogP) is 3.62. The molecule has 0 spiro atoms. The molecule has 0 fully saturated rings. The van der Waals surface area contributed by atoms with Crippen molar-refractivity contribution >= 4 is 11.4 Å². The lowest BCUT2D eigenvalue weighted by atomic mass is 10.2. The highest BCUT2D eigenvalue weighted by Crippen LogP contribution is 2.23. The zero-order chi connectivity index (χ0) is 14.7. The van der Waals surface area contributed by atoms with Crippen molar-refractivity contribution in [2.24, 2.45) is 7.05 Å². The molecule has 1 N–H and O–H groups in total. The Bertz CT molecular complexity index is 575. The van der Waals surface area contributed by atoms with Crippen molar-refractivity contribution in [3.8, 4) is 0 Å². The minimum Gasteiger partial charge on any atom is -0.381 e. The molecular formula is C16H22FN3. The number of aryl methyl sites for hydroxylation is 1. The first-order chi connectivity index (χ1) is 9.47. The van der Waals surface area contributed by atoms with E-state index >= 15 is 0 Å². The molecule has 2 rings (SSSR count). The van der Waals surface area contributed by atoms with Gasteiger partial charge in [-0.25, -0.2) is 4.39 Å². The molecule has 2 aromatic rings. The molecule has 0 atom stereocenters. The van der Waals surface area contributed by atoms with Crippen LogP contribution in [0.2, 0.25) is 0 Å². The monoisotopic (exact) mass is 275 g/mol. The molecule has 1 aromatic carbocycles. The lowest BCUT2D eigenvalue weighted by Crippen LogP contribution is -2.26. The van der Waals surface area contributed by atoms with Gasteiger partial charge in [0.1, 0.15) is 5.82 Å². The lowest BCUT2D eigenvalue weighted by Gasteiger charge is -2.24. The summed E-state index contributed by atoms with van der Waals surface area (Å²) in [6.07, 6.45) is 4.04. The van der Waals surface area contributed by atoms with E-state index in [4.69, 9.17) is 0 Å². The van der Waals surface area contributed by atoms with Gasteiger partial charge in [0.2, 0.25) is 0 Å². The molecule has 0 saturated carbocycles. The van der Waals surface area contributed by atoms with Crippen molar-refractivity contribution in [1.82, 2.24) is 4.57 Å². The van der Waals surface area contributed by atoms with Gasteiger partial charge in [0.05, 0.1) is 5.69 Å². The molecule has 4 heteroatoms. The van der Waals surface area contributed by atoms with Crippen LogP contribution in [0.1, 0.15) is 19.4 Å². The van der Waals surface area contributed by atoms with Crippen LogP contribution >= 0.6 is 0 Å². The smallest absolute Gasteiger partial charge is 0.148 e. The van der Waals surface area contributed by atoms with E-state index in [0.717, 1.165) is 5.69 Å². The average Bonchev–Trinajstić information content (AvgIpc) is 2.81. The van der Waals surface area contributed by atoms with E-state index in [1.165, 1.54) is 5.56 Å². The highest BCUT2D eigenvalue weighted by molar-refractivity contribution is 5.56. The number of aromatic nitrogens is 1. The Labute approximate surface area is 120 Å². The second-order valence-corrected chi connectivity index (χ2v) is 5.41. The number of anilines is 2. The Morgan fingerprint density at radius 1 is 1.30 bits per heavy atom. The molecule has 0 amide bonds. The summed E-state index contributed by atoms with van der Waals surface area (Å²) >= 11 is 0. The van der Waals surface area contributed by atoms with E-state index in [9.17, 15) is 4.39 Å². The molecule has 108 valence electrons. The Morgan fingerprint density at radius 3 is 2.60 bits per heavy atom. The number of nitrogens with one attached hydrogen (secondary N) is 1. The van der Waals surface area contributed by atoms with Crippen LogP contribution in [-0.4, -0.2) is 17.7 Å². The summed E-state index contributed by atoms with van der Waals surface area (Å²) in [6, 6.07) is 7.61. The SMILES string of the molecule is CC(C)N(C)c1ccc(NCc2ccn(C)c2)cc1F. The van der Waals surface area contributed by atoms with E-state index in [-0.39, 0.29) is 11.9 Å². The molecular weight excluding hydrogens is 253 g/mol. The van der Waals surface area contributed by atoms with Gasteiger partial charge in [-0.1, -0.05) is 0 Å². The van der Waals surface area contributed by atoms with Crippen molar-refractivity contribution < 1.29 is 4.39 Å². The Hall–Kier alpha value is -1.97. The van der Waals surface area contributed by atoms with E-state index < -0.39 is 0 Å². The number of benzene rings is 1. The molecule has 0 aliphatic rings. The lowest BCUT2D eigenvalue weighted by molar-refractivity contribution is 0.614. The third-order valence-electron chi connectivity index (χ3n) is 3.49. The van der Waals surface area contributed by atoms with Gasteiger partial charge >= 0.3 is 0 Å². The fraction of sp³-hybridized carbons (Fsp3) is 0.375. The van der Waals surface area contributed by atoms with E-state index in [2.05, 4.69) is 5.32 Å². The molecule has 1 heterocycles. The first-order valence-corrected chi connectivity index (χ1v) is 6.84. The molecule has 1 aromatic heterocycles. The van der Waals surface area contributed by atoms with Gasteiger partial charge in [-0.15, -0.1) is 0 Å². The van der Waals surface area contributed by atoms with Crippen molar-refractivity contribution in [1.29, 1.82) is 0 Å². The second kappa shape index (κ2) is 5.99. The molecule has 0 radical (unpaired) electrons. The second-order valence-electron chi connectivity index (χ2n) is 5.41. The minimum atomic E-state index is -0.195. The van der Waals surface area contributed by atoms with Crippen molar-refractivity contribution in [3.05, 3.63) is 48.0 Å². The minimum absolute atomic E-state index is 0.195. The average molecular weight is 275 g/mol. The van der Waals surface area contributed by atoms with Gasteiger partial charge in [-0.3, -0.25) is 0 Å². The first kappa shape index (κ1) is 14.4. The van der Waals surface area contributed by atoms with Crippen LogP contribution in [0.15, 0.2) is 36.7 Å². The number of rotatable bonds is 5. The summed E-state index contributed by atoms with van der Waals surface area (Å²) in [5, 5.41) is 3.24. The van der Waals surface area contributed by atoms with E-state index in [1.807, 2.05) is 68.0 Å². The quantitative estimate of drug-likeness (QED) is 0.899. The van der Waals surface area contributed by atoms with Crippen molar-refractivity contribution in [2.75, 3.05) is 17.3 Å². The molecule has 0 unspecified atom stereocenters. The molecule has 0 saturated heterocycles. The fourth-order valence-corrected chi connectivity index (χ4v) is 2.05. The third-order valence-corrected chi connectivity index (χ3v) is 3.49. The zero-order valence-electron chi connectivity index (χ0n) is 12.5. The highest BCUT2D eigenvalue weighted by Gasteiger charge is 2.10. The van der Waals surface area contributed by atoms with Crippen LogP contribution in [0.4, 0.5) is 15.8 Å². The van der Waals surface area contributed by atoms with Gasteiger partial charge in [-0.05, 0) is 43.7 Å². The summed E-state index contributed by atoms with van der Waals surface area (Å²) in [4.78, 5) is 1.93. The third kappa shape index (κ3) is 3.32. The highest BCUT2D eigenvalue weighted by atomic mass is 19.1. The standard InChI is InChI=1S/C16H22FN3/c1-12(2)20(4)16-6-5-14(9-15(16)17)18-10-13-7-8-19(3)11-13/h5-9,11-12,18H,10H2,1-4H3. The molecule has 0 aliphatic carbocycles. The summed E-state index contributed by atoms with van der Waals surface area (Å²) in [5.74, 6) is -0.195. The summed E-state index contributed by atoms with van der Waals surface area (Å²) in [5.41, 5.74) is 2.61. The summed E-state index contributed by atoms with van der Waals surface area (Å²) in [7, 11) is 3.89. The predicted molar refractivity (Wildman–Crippen MR) is 82.7 cm³/mol. The Balaban J connectivity index is 2.05. The maximum absolute atomic E-state index is 14.1. The topological polar surface area (TPSA) is 20.2 Å². The molecule has 0 bridgehead atoms. The van der Waals surface area contributed by atoms with Gasteiger partial charge < -0.3 is 14.8 Å². The van der Waals surface area contributed by atoms with Gasteiger partial charge in [0.25, 0.3) is 0 Å². The molecule has 20 heavy (non-hydrogen) atoms. The Kier molecular flexibility index (Phi) is 4.32. The van der Waals surface area contributed by atoms with Crippen LogP contribution in [0, 0.1) is 5.82 Å². The maximum Gasteiger partial charge on any atom is 0.148 e. The van der Waals surface area contributed by atoms with Crippen molar-refractivity contribution in [2.45, 2.75) is 26.4 Å². The van der Waals surface area contributed by atoms with Crippen LogP contribution in [0.3, 0.4) is 0 Å². The first-order valence-electron chi connectivity index (χ1n) is 6.84. The number of nitrogens with zero attached hydrogens (tertiary/aromatic N) is 2. The van der Waals surface area contributed by atoms with E-state index in [0.29, 0.717) is 12.2 Å². The fourth-order valence-electron chi connectivity index (χ4n) is 2.05. The van der Waals surface area contributed by atoms with Crippen molar-refractivity contribution in [3.63, 3.8) is 0 Å². The van der Waals surface area contributed by atoms with Gasteiger partial charge in [-0.2, -0.15) is 0 Å². The summed E-state index contributed by atoms with van der Waals surface area (Å²) in [6.45, 7) is 4.78. The maximum atomic E-state index is 14.1. The normalized spacial score (nSPS) is 10.9. The molecule has 3 nitrogen and oxygen atoms in total. The van der Waals surface area contributed by atoms with Crippen LogP contribution in [0.25, 0.3) is 0 Å². The van der Waals surface area contributed by atoms with Crippen LogP contribution < -0.4 is 10.2 Å². The van der Waals surface area contributed by atoms with E-state index in [1.54, 1.807) is 6.07 Å².